The van der Waals surface area contributed by atoms with E-state index < -0.39 is 31.5 Å². The third kappa shape index (κ3) is 8.32. The highest BCUT2D eigenvalue weighted by molar-refractivity contribution is 4.80. The Morgan fingerprint density at radius 2 is 1.36 bits per heavy atom. The van der Waals surface area contributed by atoms with Crippen molar-refractivity contribution in [3.63, 3.8) is 0 Å². The Hall–Kier alpha value is -0.280. The number of hydrogen-bond acceptors (Lipinski definition) is 7. The van der Waals surface area contributed by atoms with Crippen molar-refractivity contribution < 1.29 is 25.5 Å². The zero-order valence-electron chi connectivity index (χ0n) is 8.00. The maximum absolute atomic E-state index is 8.34. The van der Waals surface area contributed by atoms with Crippen LogP contribution >= 0.6 is 0 Å². The Morgan fingerprint density at radius 3 is 1.36 bits per heavy atom. The molecule has 14 heavy (non-hydrogen) atoms. The lowest BCUT2D eigenvalue weighted by atomic mass is 10.1. The Balaban J connectivity index is 0. The first-order chi connectivity index (χ1) is 6.49. The Kier molecular flexibility index (Phi) is 10.7. The molecule has 0 aliphatic carbocycles. The predicted molar refractivity (Wildman–Crippen MR) is 50.3 cm³/mol. The van der Waals surface area contributed by atoms with Crippen molar-refractivity contribution in [1.29, 1.82) is 0 Å². The fraction of sp³-hybridized carbons (Fsp3) is 1.00. The van der Waals surface area contributed by atoms with Crippen molar-refractivity contribution in [2.24, 2.45) is 11.5 Å². The molecule has 9 N–H and O–H groups in total. The van der Waals surface area contributed by atoms with Crippen LogP contribution in [0.5, 0.6) is 0 Å². The number of aliphatic hydroxyl groups is 5. The van der Waals surface area contributed by atoms with Gasteiger partial charge in [-0.1, -0.05) is 0 Å². The average Bonchev–Trinajstić information content (AvgIpc) is 2.27. The summed E-state index contributed by atoms with van der Waals surface area (Å²) < 4.78 is 0. The average molecular weight is 212 g/mol. The fourth-order valence-electron chi connectivity index (χ4n) is 0.225. The maximum atomic E-state index is 8.34. The van der Waals surface area contributed by atoms with Gasteiger partial charge in [0.05, 0.1) is 38.1 Å². The van der Waals surface area contributed by atoms with Gasteiger partial charge >= 0.3 is 0 Å². The fourth-order valence-corrected chi connectivity index (χ4v) is 0.225. The summed E-state index contributed by atoms with van der Waals surface area (Å²) in [6.07, 6.45) is -0.731. The second-order valence-corrected chi connectivity index (χ2v) is 2.91. The molecule has 0 heterocycles. The predicted octanol–water partition coefficient (Wildman–Crippen LogP) is -4.04. The van der Waals surface area contributed by atoms with Crippen LogP contribution < -0.4 is 11.5 Å². The summed E-state index contributed by atoms with van der Waals surface area (Å²) in [6, 6.07) is 0. The minimum Gasteiger partial charge on any atom is -0.394 e. The zero-order chi connectivity index (χ0) is 11.6. The lowest BCUT2D eigenvalue weighted by molar-refractivity contribution is 0.0698. The summed E-state index contributed by atoms with van der Waals surface area (Å²) in [4.78, 5) is 0. The van der Waals surface area contributed by atoms with Crippen LogP contribution in [-0.2, 0) is 0 Å². The number of rotatable bonds is 5. The number of aliphatic hydroxyl groups excluding tert-OH is 5. The van der Waals surface area contributed by atoms with Gasteiger partial charge in [-0.2, -0.15) is 0 Å². The van der Waals surface area contributed by atoms with E-state index >= 15 is 0 Å². The minimum absolute atomic E-state index is 0.135. The molecule has 0 aromatic heterocycles. The van der Waals surface area contributed by atoms with E-state index in [1.807, 2.05) is 0 Å². The molecule has 1 unspecified atom stereocenters. The summed E-state index contributed by atoms with van der Waals surface area (Å²) in [5, 5.41) is 41.3. The molecule has 0 radical (unpaired) electrons. The van der Waals surface area contributed by atoms with Crippen molar-refractivity contribution in [1.82, 2.24) is 0 Å². The van der Waals surface area contributed by atoms with Crippen molar-refractivity contribution in [2.45, 2.75) is 11.6 Å². The molecule has 0 saturated heterocycles. The summed E-state index contributed by atoms with van der Waals surface area (Å²) >= 11 is 0. The van der Waals surface area contributed by atoms with Crippen molar-refractivity contribution in [2.75, 3.05) is 33.0 Å². The lowest BCUT2D eigenvalue weighted by Crippen LogP contribution is -2.50. The second kappa shape index (κ2) is 9.28. The molecule has 88 valence electrons. The first-order valence-corrected chi connectivity index (χ1v) is 4.10. The number of nitrogens with two attached hydrogens (primary N) is 2. The first kappa shape index (κ1) is 16.2. The normalized spacial score (nSPS) is 13.1. The smallest absolute Gasteiger partial charge is 0.0892 e. The monoisotopic (exact) mass is 212 g/mol. The molecule has 0 bridgehead atoms. The zero-order valence-corrected chi connectivity index (χ0v) is 8.00. The topological polar surface area (TPSA) is 153 Å². The molecule has 1 atom stereocenters. The summed E-state index contributed by atoms with van der Waals surface area (Å²) in [6.45, 7) is -1.31. The van der Waals surface area contributed by atoms with Gasteiger partial charge in [0.15, 0.2) is 0 Å². The van der Waals surface area contributed by atoms with E-state index in [4.69, 9.17) is 37.0 Å². The highest BCUT2D eigenvalue weighted by Crippen LogP contribution is 1.93. The van der Waals surface area contributed by atoms with Crippen molar-refractivity contribution >= 4 is 0 Å². The molecule has 0 rings (SSSR count). The van der Waals surface area contributed by atoms with E-state index in [2.05, 4.69) is 0 Å². The van der Waals surface area contributed by atoms with E-state index in [1.54, 1.807) is 0 Å². The van der Waals surface area contributed by atoms with Gasteiger partial charge in [0.1, 0.15) is 0 Å². The Morgan fingerprint density at radius 1 is 1.00 bits per heavy atom. The van der Waals surface area contributed by atoms with Gasteiger partial charge in [-0.05, 0) is 0 Å². The largest absolute Gasteiger partial charge is 0.394 e. The van der Waals surface area contributed by atoms with Gasteiger partial charge in [0, 0.05) is 6.54 Å². The molecule has 0 aromatic carbocycles. The Bertz CT molecular complexity index is 108. The van der Waals surface area contributed by atoms with Gasteiger partial charge in [0.2, 0.25) is 0 Å². The third-order valence-corrected chi connectivity index (χ3v) is 1.43. The SMILES string of the molecule is NC(CO)(CO)CO.NCC(O)CO. The van der Waals surface area contributed by atoms with Gasteiger partial charge in [-0.3, -0.25) is 0 Å². The van der Waals surface area contributed by atoms with Crippen molar-refractivity contribution in [3.8, 4) is 0 Å². The molecular formula is C7H20N2O5. The standard InChI is InChI=1S/C4H11NO3.C3H9NO2/c5-4(1-6,2-7)3-8;4-1-3(6)2-5/h6-8H,1-3,5H2;3,5-6H,1-2,4H2. The van der Waals surface area contributed by atoms with Crippen LogP contribution in [0, 0.1) is 0 Å². The highest BCUT2D eigenvalue weighted by Gasteiger charge is 2.20. The van der Waals surface area contributed by atoms with Crippen LogP contribution in [0.3, 0.4) is 0 Å². The van der Waals surface area contributed by atoms with E-state index in [1.165, 1.54) is 0 Å². The second-order valence-electron chi connectivity index (χ2n) is 2.91. The lowest BCUT2D eigenvalue weighted by Gasteiger charge is -2.20. The molecule has 0 spiro atoms. The van der Waals surface area contributed by atoms with Crippen LogP contribution in [0.15, 0.2) is 0 Å². The van der Waals surface area contributed by atoms with Gasteiger partial charge in [0.25, 0.3) is 0 Å². The van der Waals surface area contributed by atoms with Gasteiger partial charge in [-0.25, -0.2) is 0 Å². The molecule has 0 fully saturated rings. The van der Waals surface area contributed by atoms with Crippen LogP contribution in [0.2, 0.25) is 0 Å². The van der Waals surface area contributed by atoms with E-state index in [0.717, 1.165) is 0 Å². The summed E-state index contributed by atoms with van der Waals surface area (Å²) in [5.41, 5.74) is 8.81. The molecule has 7 nitrogen and oxygen atoms in total. The molecule has 0 aromatic rings. The quantitative estimate of drug-likeness (QED) is 0.245. The van der Waals surface area contributed by atoms with Crippen LogP contribution in [-0.4, -0.2) is 70.1 Å². The highest BCUT2D eigenvalue weighted by atomic mass is 16.3. The molecule has 0 aliphatic heterocycles. The van der Waals surface area contributed by atoms with E-state index in [-0.39, 0.29) is 13.2 Å². The van der Waals surface area contributed by atoms with Crippen LogP contribution in [0.25, 0.3) is 0 Å². The number of hydrogen-bond donors (Lipinski definition) is 7. The first-order valence-electron chi connectivity index (χ1n) is 4.10. The van der Waals surface area contributed by atoms with Gasteiger partial charge < -0.3 is 37.0 Å². The molecular weight excluding hydrogens is 192 g/mol. The van der Waals surface area contributed by atoms with E-state index in [0.29, 0.717) is 0 Å². The summed E-state index contributed by atoms with van der Waals surface area (Å²) in [5.74, 6) is 0. The maximum Gasteiger partial charge on any atom is 0.0892 e. The van der Waals surface area contributed by atoms with Gasteiger partial charge in [-0.15, -0.1) is 0 Å². The third-order valence-electron chi connectivity index (χ3n) is 1.43. The molecule has 0 aliphatic rings. The summed E-state index contributed by atoms with van der Waals surface area (Å²) in [7, 11) is 0. The molecule has 7 heteroatoms. The van der Waals surface area contributed by atoms with Crippen LogP contribution in [0.4, 0.5) is 0 Å². The van der Waals surface area contributed by atoms with Crippen LogP contribution in [0.1, 0.15) is 0 Å². The van der Waals surface area contributed by atoms with Crippen molar-refractivity contribution in [3.05, 3.63) is 0 Å². The molecule has 0 saturated carbocycles. The Labute approximate surface area is 82.6 Å². The minimum atomic E-state index is -1.21. The molecule has 0 amide bonds. The van der Waals surface area contributed by atoms with E-state index in [9.17, 15) is 0 Å².